The molecule has 1 heterocycles. The van der Waals surface area contributed by atoms with Crippen molar-refractivity contribution in [3.63, 3.8) is 0 Å². The third-order valence-corrected chi connectivity index (χ3v) is 2.92. The van der Waals surface area contributed by atoms with Crippen LogP contribution in [0.15, 0.2) is 23.6 Å². The Morgan fingerprint density at radius 2 is 2.31 bits per heavy atom. The first-order valence-electron chi connectivity index (χ1n) is 4.27. The van der Waals surface area contributed by atoms with Crippen LogP contribution in [0.2, 0.25) is 5.15 Å². The molecule has 0 aliphatic rings. The summed E-state index contributed by atoms with van der Waals surface area (Å²) in [5.74, 6) is -0.560. The third-order valence-electron chi connectivity index (χ3n) is 1.84. The van der Waals surface area contributed by atoms with Crippen LogP contribution in [0.25, 0.3) is 0 Å². The van der Waals surface area contributed by atoms with Crippen LogP contribution in [0, 0.1) is 17.1 Å². The quantitative estimate of drug-likeness (QED) is 0.890. The fraction of sp³-hybridized carbons (Fsp3) is 0. The van der Waals surface area contributed by atoms with E-state index in [1.165, 1.54) is 23.5 Å². The highest BCUT2D eigenvalue weighted by atomic mass is 35.5. The Balaban J connectivity index is 2.35. The number of nitriles is 1. The van der Waals surface area contributed by atoms with E-state index < -0.39 is 5.82 Å². The molecule has 0 atom stereocenters. The van der Waals surface area contributed by atoms with E-state index in [2.05, 4.69) is 10.3 Å². The molecule has 0 spiro atoms. The minimum Gasteiger partial charge on any atom is -0.330 e. The van der Waals surface area contributed by atoms with Crippen molar-refractivity contribution in [2.24, 2.45) is 0 Å². The number of nitrogens with one attached hydrogen (secondary N) is 1. The number of halogens is 2. The zero-order valence-electron chi connectivity index (χ0n) is 7.87. The molecule has 0 bridgehead atoms. The lowest BCUT2D eigenvalue weighted by Gasteiger charge is -2.04. The summed E-state index contributed by atoms with van der Waals surface area (Å²) >= 11 is 6.94. The largest absolute Gasteiger partial charge is 0.330 e. The van der Waals surface area contributed by atoms with Gasteiger partial charge in [0.25, 0.3) is 0 Å². The number of anilines is 2. The van der Waals surface area contributed by atoms with E-state index in [0.29, 0.717) is 16.0 Å². The summed E-state index contributed by atoms with van der Waals surface area (Å²) in [6.07, 6.45) is 0. The monoisotopic (exact) mass is 253 g/mol. The number of hydrogen-bond donors (Lipinski definition) is 1. The van der Waals surface area contributed by atoms with Crippen LogP contribution in [0.3, 0.4) is 0 Å². The van der Waals surface area contributed by atoms with Gasteiger partial charge in [0.15, 0.2) is 5.13 Å². The van der Waals surface area contributed by atoms with Crippen molar-refractivity contribution >= 4 is 33.8 Å². The average molecular weight is 254 g/mol. The zero-order valence-corrected chi connectivity index (χ0v) is 9.44. The molecule has 2 rings (SSSR count). The maximum absolute atomic E-state index is 13.3. The van der Waals surface area contributed by atoms with Crippen LogP contribution in [-0.2, 0) is 0 Å². The number of hydrogen-bond acceptors (Lipinski definition) is 4. The first-order valence-corrected chi connectivity index (χ1v) is 5.53. The maximum Gasteiger partial charge on any atom is 0.188 e. The normalized spacial score (nSPS) is 9.81. The van der Waals surface area contributed by atoms with Crippen LogP contribution in [0.5, 0.6) is 0 Å². The highest BCUT2D eigenvalue weighted by molar-refractivity contribution is 7.14. The molecule has 1 aromatic heterocycles. The highest BCUT2D eigenvalue weighted by Crippen LogP contribution is 2.26. The van der Waals surface area contributed by atoms with Crippen molar-refractivity contribution in [2.45, 2.75) is 0 Å². The number of nitrogens with zero attached hydrogens (tertiary/aromatic N) is 2. The molecule has 6 heteroatoms. The molecule has 0 saturated carbocycles. The molecule has 80 valence electrons. The molecule has 3 nitrogen and oxygen atoms in total. The summed E-state index contributed by atoms with van der Waals surface area (Å²) in [5.41, 5.74) is 0.349. The molecule has 0 fully saturated rings. The lowest BCUT2D eigenvalue weighted by molar-refractivity contribution is 0.624. The molecule has 1 N–H and O–H groups in total. The average Bonchev–Trinajstić information content (AvgIpc) is 2.64. The van der Waals surface area contributed by atoms with E-state index in [1.807, 2.05) is 0 Å². The molecule has 0 aliphatic heterocycles. The summed E-state index contributed by atoms with van der Waals surface area (Å²) in [6.45, 7) is 0. The van der Waals surface area contributed by atoms with Crippen LogP contribution in [0.4, 0.5) is 15.2 Å². The van der Waals surface area contributed by atoms with Gasteiger partial charge in [-0.2, -0.15) is 5.26 Å². The van der Waals surface area contributed by atoms with Gasteiger partial charge in [-0.15, -0.1) is 11.3 Å². The van der Waals surface area contributed by atoms with E-state index in [4.69, 9.17) is 16.9 Å². The standard InChI is InChI=1S/C10H5ClFN3S/c11-9-5-16-10(15-9)14-8-3-1-2-7(12)6(8)4-13/h1-3,5H,(H,14,15). The Hall–Kier alpha value is -1.64. The minimum atomic E-state index is -0.560. The summed E-state index contributed by atoms with van der Waals surface area (Å²) in [6, 6.07) is 6.16. The first kappa shape index (κ1) is 10.9. The van der Waals surface area contributed by atoms with Crippen LogP contribution >= 0.6 is 22.9 Å². The molecule has 2 aromatic rings. The highest BCUT2D eigenvalue weighted by Gasteiger charge is 2.09. The van der Waals surface area contributed by atoms with E-state index in [1.54, 1.807) is 17.5 Å². The van der Waals surface area contributed by atoms with E-state index in [9.17, 15) is 4.39 Å². The van der Waals surface area contributed by atoms with Gasteiger partial charge in [0.1, 0.15) is 22.6 Å². The second-order valence-electron chi connectivity index (χ2n) is 2.87. The molecule has 1 aromatic carbocycles. The van der Waals surface area contributed by atoms with E-state index in [0.717, 1.165) is 0 Å². The summed E-state index contributed by atoms with van der Waals surface area (Å²) in [5, 5.41) is 14.2. The number of thiazole rings is 1. The van der Waals surface area contributed by atoms with Gasteiger partial charge in [-0.05, 0) is 12.1 Å². The van der Waals surface area contributed by atoms with E-state index in [-0.39, 0.29) is 5.56 Å². The van der Waals surface area contributed by atoms with Gasteiger partial charge in [-0.1, -0.05) is 17.7 Å². The van der Waals surface area contributed by atoms with Gasteiger partial charge < -0.3 is 5.32 Å². The second kappa shape index (κ2) is 4.47. The SMILES string of the molecule is N#Cc1c(F)cccc1Nc1nc(Cl)cs1. The van der Waals surface area contributed by atoms with E-state index >= 15 is 0 Å². The predicted molar refractivity (Wildman–Crippen MR) is 61.5 cm³/mol. The van der Waals surface area contributed by atoms with Crippen LogP contribution in [0.1, 0.15) is 5.56 Å². The topological polar surface area (TPSA) is 48.7 Å². The van der Waals surface area contributed by atoms with Crippen LogP contribution < -0.4 is 5.32 Å². The fourth-order valence-corrected chi connectivity index (χ4v) is 2.02. The second-order valence-corrected chi connectivity index (χ2v) is 4.12. The van der Waals surface area contributed by atoms with Gasteiger partial charge >= 0.3 is 0 Å². The molecule has 0 unspecified atom stereocenters. The molecule has 0 saturated heterocycles. The minimum absolute atomic E-state index is 0.0335. The lowest BCUT2D eigenvalue weighted by Crippen LogP contribution is -1.95. The van der Waals surface area contributed by atoms with Crippen molar-refractivity contribution in [3.8, 4) is 6.07 Å². The Labute approximate surface area is 100 Å². The van der Waals surface area contributed by atoms with Crippen molar-refractivity contribution in [1.29, 1.82) is 5.26 Å². The molecule has 16 heavy (non-hydrogen) atoms. The Kier molecular flexibility index (Phi) is 3.04. The van der Waals surface area contributed by atoms with Crippen molar-refractivity contribution in [2.75, 3.05) is 5.32 Å². The molecular weight excluding hydrogens is 249 g/mol. The third kappa shape index (κ3) is 2.13. The van der Waals surface area contributed by atoms with Gasteiger partial charge in [-0.25, -0.2) is 9.37 Å². The molecule has 0 aliphatic carbocycles. The fourth-order valence-electron chi connectivity index (χ4n) is 1.17. The lowest BCUT2D eigenvalue weighted by atomic mass is 10.2. The number of aromatic nitrogens is 1. The number of rotatable bonds is 2. The maximum atomic E-state index is 13.3. The molecule has 0 radical (unpaired) electrons. The first-order chi connectivity index (χ1) is 7.70. The Morgan fingerprint density at radius 3 is 2.94 bits per heavy atom. The Morgan fingerprint density at radius 1 is 1.50 bits per heavy atom. The zero-order chi connectivity index (χ0) is 11.5. The van der Waals surface area contributed by atoms with Gasteiger partial charge in [0.05, 0.1) is 5.69 Å². The van der Waals surface area contributed by atoms with Crippen molar-refractivity contribution in [3.05, 3.63) is 40.1 Å². The smallest absolute Gasteiger partial charge is 0.188 e. The Bertz CT molecular complexity index is 561. The molecular formula is C10H5ClFN3S. The van der Waals surface area contributed by atoms with Gasteiger partial charge in [0, 0.05) is 5.38 Å². The van der Waals surface area contributed by atoms with Crippen LogP contribution in [-0.4, -0.2) is 4.98 Å². The van der Waals surface area contributed by atoms with Gasteiger partial charge in [-0.3, -0.25) is 0 Å². The van der Waals surface area contributed by atoms with Crippen molar-refractivity contribution < 1.29 is 4.39 Å². The summed E-state index contributed by atoms with van der Waals surface area (Å²) in [7, 11) is 0. The number of benzene rings is 1. The van der Waals surface area contributed by atoms with Gasteiger partial charge in [0.2, 0.25) is 0 Å². The summed E-state index contributed by atoms with van der Waals surface area (Å²) in [4.78, 5) is 3.95. The molecule has 0 amide bonds. The summed E-state index contributed by atoms with van der Waals surface area (Å²) < 4.78 is 13.3. The van der Waals surface area contributed by atoms with Crippen molar-refractivity contribution in [1.82, 2.24) is 4.98 Å². The predicted octanol–water partition coefficient (Wildman–Crippen LogP) is 3.55.